The summed E-state index contributed by atoms with van der Waals surface area (Å²) in [7, 11) is 1.44. The van der Waals surface area contributed by atoms with E-state index in [1.54, 1.807) is 6.33 Å². The van der Waals surface area contributed by atoms with Crippen molar-refractivity contribution in [2.24, 2.45) is 0 Å². The molecular formula is C18H26Cl2N4O2. The number of esters is 1. The zero-order valence-corrected chi connectivity index (χ0v) is 16.7. The number of fused-ring (bicyclic) bond motifs is 1. The van der Waals surface area contributed by atoms with Crippen LogP contribution in [0.1, 0.15) is 64.2 Å². The number of rotatable bonds is 12. The van der Waals surface area contributed by atoms with Crippen LogP contribution in [0.2, 0.25) is 10.4 Å². The minimum absolute atomic E-state index is 0.105. The average molecular weight is 401 g/mol. The molecule has 0 aliphatic carbocycles. The molecule has 0 saturated heterocycles. The van der Waals surface area contributed by atoms with E-state index < -0.39 is 0 Å². The lowest BCUT2D eigenvalue weighted by atomic mass is 10.1. The molecule has 0 atom stereocenters. The van der Waals surface area contributed by atoms with Crippen LogP contribution in [0.3, 0.4) is 0 Å². The van der Waals surface area contributed by atoms with Gasteiger partial charge in [-0.3, -0.25) is 4.79 Å². The molecule has 8 heteroatoms. The Morgan fingerprint density at radius 3 is 2.27 bits per heavy atom. The number of nitrogens with zero attached hydrogens (tertiary/aromatic N) is 4. The minimum atomic E-state index is -0.105. The first kappa shape index (κ1) is 20.9. The van der Waals surface area contributed by atoms with Gasteiger partial charge in [-0.1, -0.05) is 56.5 Å². The van der Waals surface area contributed by atoms with Crippen molar-refractivity contribution < 1.29 is 9.53 Å². The zero-order valence-electron chi connectivity index (χ0n) is 15.2. The first-order valence-corrected chi connectivity index (χ1v) is 9.98. The van der Waals surface area contributed by atoms with Crippen LogP contribution in [0, 0.1) is 0 Å². The summed E-state index contributed by atoms with van der Waals surface area (Å²) in [5, 5.41) is 0.475. The number of halogens is 2. The van der Waals surface area contributed by atoms with Gasteiger partial charge in [-0.25, -0.2) is 9.97 Å². The quantitative estimate of drug-likeness (QED) is 0.211. The van der Waals surface area contributed by atoms with Crippen LogP contribution >= 0.6 is 23.2 Å². The third-order valence-corrected chi connectivity index (χ3v) is 4.84. The molecule has 0 radical (unpaired) electrons. The predicted octanol–water partition coefficient (Wildman–Crippen LogP) is 5.21. The Morgan fingerprint density at radius 2 is 1.62 bits per heavy atom. The molecule has 6 nitrogen and oxygen atoms in total. The molecule has 0 aromatic carbocycles. The van der Waals surface area contributed by atoms with Gasteiger partial charge in [-0.2, -0.15) is 4.98 Å². The van der Waals surface area contributed by atoms with Crippen LogP contribution in [0.15, 0.2) is 6.33 Å². The maximum Gasteiger partial charge on any atom is 0.305 e. The Bertz CT molecular complexity index is 706. The lowest BCUT2D eigenvalue weighted by Gasteiger charge is -2.05. The van der Waals surface area contributed by atoms with Crippen molar-refractivity contribution in [1.82, 2.24) is 19.5 Å². The minimum Gasteiger partial charge on any atom is -0.469 e. The van der Waals surface area contributed by atoms with Crippen LogP contribution in [0.5, 0.6) is 0 Å². The smallest absolute Gasteiger partial charge is 0.305 e. The monoisotopic (exact) mass is 400 g/mol. The molecule has 0 spiro atoms. The first-order chi connectivity index (χ1) is 12.6. The molecule has 0 N–H and O–H groups in total. The lowest BCUT2D eigenvalue weighted by molar-refractivity contribution is -0.140. The second-order valence-electron chi connectivity index (χ2n) is 6.40. The topological polar surface area (TPSA) is 69.9 Å². The molecule has 2 aromatic heterocycles. The maximum absolute atomic E-state index is 11.0. The molecule has 0 unspecified atom stereocenters. The Morgan fingerprint density at radius 1 is 1.00 bits per heavy atom. The molecule has 2 aromatic rings. The number of hydrogen-bond acceptors (Lipinski definition) is 5. The van der Waals surface area contributed by atoms with Gasteiger partial charge in [-0.15, -0.1) is 0 Å². The second-order valence-corrected chi connectivity index (χ2v) is 7.10. The third-order valence-electron chi connectivity index (χ3n) is 4.41. The molecule has 0 saturated carbocycles. The number of ether oxygens (including phenoxy) is 1. The van der Waals surface area contributed by atoms with Crippen LogP contribution in [0.25, 0.3) is 11.2 Å². The molecule has 0 aliphatic heterocycles. The summed E-state index contributed by atoms with van der Waals surface area (Å²) in [6, 6.07) is 0. The van der Waals surface area contributed by atoms with E-state index in [0.29, 0.717) is 17.2 Å². The molecule has 2 rings (SSSR count). The van der Waals surface area contributed by atoms with Gasteiger partial charge in [0.25, 0.3) is 0 Å². The molecule has 2 heterocycles. The number of methoxy groups -OCH3 is 1. The predicted molar refractivity (Wildman–Crippen MR) is 104 cm³/mol. The second kappa shape index (κ2) is 11.3. The van der Waals surface area contributed by atoms with Gasteiger partial charge < -0.3 is 9.30 Å². The fraction of sp³-hybridized carbons (Fsp3) is 0.667. The Kier molecular flexibility index (Phi) is 9.12. The van der Waals surface area contributed by atoms with Gasteiger partial charge in [0.1, 0.15) is 5.52 Å². The molecule has 26 heavy (non-hydrogen) atoms. The highest BCUT2D eigenvalue weighted by Gasteiger charge is 2.10. The van der Waals surface area contributed by atoms with E-state index in [1.165, 1.54) is 45.6 Å². The highest BCUT2D eigenvalue weighted by molar-refractivity contribution is 6.35. The number of aryl methyl sites for hydroxylation is 1. The van der Waals surface area contributed by atoms with Crippen LogP contribution < -0.4 is 0 Å². The van der Waals surface area contributed by atoms with E-state index in [1.807, 2.05) is 4.57 Å². The Hall–Kier alpha value is -1.40. The van der Waals surface area contributed by atoms with Gasteiger partial charge in [0, 0.05) is 13.0 Å². The van der Waals surface area contributed by atoms with Crippen molar-refractivity contribution in [3.05, 3.63) is 16.8 Å². The van der Waals surface area contributed by atoms with Crippen molar-refractivity contribution in [1.29, 1.82) is 0 Å². The third kappa shape index (κ3) is 6.72. The number of carbonyl (C=O) groups excluding carboxylic acids is 1. The Labute approximate surface area is 164 Å². The van der Waals surface area contributed by atoms with Gasteiger partial charge in [0.15, 0.2) is 10.8 Å². The first-order valence-electron chi connectivity index (χ1n) is 9.22. The largest absolute Gasteiger partial charge is 0.469 e. The highest BCUT2D eigenvalue weighted by atomic mass is 35.5. The van der Waals surface area contributed by atoms with Crippen molar-refractivity contribution in [2.75, 3.05) is 7.11 Å². The van der Waals surface area contributed by atoms with Crippen LogP contribution in [0.4, 0.5) is 0 Å². The van der Waals surface area contributed by atoms with Gasteiger partial charge >= 0.3 is 5.97 Å². The van der Waals surface area contributed by atoms with Gasteiger partial charge in [0.05, 0.1) is 13.4 Å². The van der Waals surface area contributed by atoms with E-state index in [0.717, 1.165) is 31.3 Å². The van der Waals surface area contributed by atoms with Crippen molar-refractivity contribution in [2.45, 2.75) is 70.8 Å². The summed E-state index contributed by atoms with van der Waals surface area (Å²) in [6.07, 6.45) is 12.7. The fourth-order valence-electron chi connectivity index (χ4n) is 2.97. The zero-order chi connectivity index (χ0) is 18.8. The van der Waals surface area contributed by atoms with E-state index in [2.05, 4.69) is 19.7 Å². The number of aromatic nitrogens is 4. The molecular weight excluding hydrogens is 375 g/mol. The van der Waals surface area contributed by atoms with Crippen molar-refractivity contribution in [3.63, 3.8) is 0 Å². The van der Waals surface area contributed by atoms with Crippen LogP contribution in [-0.4, -0.2) is 32.6 Å². The van der Waals surface area contributed by atoms with Crippen molar-refractivity contribution >= 4 is 40.3 Å². The Balaban J connectivity index is 1.53. The summed E-state index contributed by atoms with van der Waals surface area (Å²) in [5.41, 5.74) is 1.30. The van der Waals surface area contributed by atoms with E-state index in [9.17, 15) is 4.79 Å². The number of unbranched alkanes of at least 4 members (excludes halogenated alkanes) is 8. The molecule has 0 bridgehead atoms. The summed E-state index contributed by atoms with van der Waals surface area (Å²) in [6.45, 7) is 0.856. The average Bonchev–Trinajstić information content (AvgIpc) is 3.02. The highest BCUT2D eigenvalue weighted by Crippen LogP contribution is 2.22. The SMILES string of the molecule is COC(=O)CCCCCCCCCCCn1cnc2nc(Cl)nc(Cl)c21. The van der Waals surface area contributed by atoms with Crippen LogP contribution in [-0.2, 0) is 16.1 Å². The van der Waals surface area contributed by atoms with Crippen molar-refractivity contribution in [3.8, 4) is 0 Å². The number of imidazole rings is 1. The lowest BCUT2D eigenvalue weighted by Crippen LogP contribution is -1.99. The number of carbonyl (C=O) groups is 1. The summed E-state index contributed by atoms with van der Waals surface area (Å²) >= 11 is 11.9. The van der Waals surface area contributed by atoms with E-state index in [-0.39, 0.29) is 11.3 Å². The standard InChI is InChI=1S/C18H26Cl2N4O2/c1-26-14(25)11-9-7-5-3-2-4-6-8-10-12-24-13-21-17-15(24)16(19)22-18(20)23-17/h13H,2-12H2,1H3. The summed E-state index contributed by atoms with van der Waals surface area (Å²) in [5.74, 6) is -0.105. The molecule has 0 fully saturated rings. The fourth-order valence-corrected chi connectivity index (χ4v) is 3.45. The molecule has 144 valence electrons. The summed E-state index contributed by atoms with van der Waals surface area (Å²) in [4.78, 5) is 23.3. The number of hydrogen-bond donors (Lipinski definition) is 0. The van der Waals surface area contributed by atoms with Gasteiger partial charge in [-0.05, 0) is 24.4 Å². The summed E-state index contributed by atoms with van der Waals surface area (Å²) < 4.78 is 6.63. The molecule has 0 aliphatic rings. The molecule has 0 amide bonds. The normalized spacial score (nSPS) is 11.2. The maximum atomic E-state index is 11.0. The van der Waals surface area contributed by atoms with E-state index >= 15 is 0 Å². The van der Waals surface area contributed by atoms with Gasteiger partial charge in [0.2, 0.25) is 5.28 Å². The van der Waals surface area contributed by atoms with E-state index in [4.69, 9.17) is 23.2 Å².